The number of nitrogens with zero attached hydrogens (tertiary/aromatic N) is 1. The lowest BCUT2D eigenvalue weighted by atomic mass is 9.99. The first-order chi connectivity index (χ1) is 9.56. The normalized spacial score (nSPS) is 14.1. The molecule has 2 aromatic rings. The van der Waals surface area contributed by atoms with Crippen molar-refractivity contribution in [3.8, 4) is 0 Å². The first-order valence-electron chi connectivity index (χ1n) is 6.59. The van der Waals surface area contributed by atoms with Crippen molar-refractivity contribution < 1.29 is 9.90 Å². The molecule has 1 aliphatic carbocycles. The number of fused-ring (bicyclic) bond motifs is 2. The van der Waals surface area contributed by atoms with Gasteiger partial charge in [0.05, 0.1) is 5.52 Å². The zero-order valence-corrected chi connectivity index (χ0v) is 11.9. The Hall–Kier alpha value is -1.87. The van der Waals surface area contributed by atoms with Gasteiger partial charge in [-0.2, -0.15) is 0 Å². The number of aliphatic carboxylic acids is 1. The van der Waals surface area contributed by atoms with Gasteiger partial charge < -0.3 is 5.11 Å². The lowest BCUT2D eigenvalue weighted by molar-refractivity contribution is -0.131. The van der Waals surface area contributed by atoms with Gasteiger partial charge in [-0.15, -0.1) is 0 Å². The Morgan fingerprint density at radius 2 is 2.20 bits per heavy atom. The highest BCUT2D eigenvalue weighted by Crippen LogP contribution is 2.33. The molecule has 1 aromatic carbocycles. The van der Waals surface area contributed by atoms with Crippen LogP contribution in [0.5, 0.6) is 0 Å². The van der Waals surface area contributed by atoms with Crippen LogP contribution < -0.4 is 0 Å². The van der Waals surface area contributed by atoms with E-state index in [-0.39, 0.29) is 0 Å². The highest BCUT2D eigenvalue weighted by Gasteiger charge is 2.19. The van der Waals surface area contributed by atoms with E-state index in [1.54, 1.807) is 6.08 Å². The summed E-state index contributed by atoms with van der Waals surface area (Å²) in [5.41, 5.74) is 5.15. The van der Waals surface area contributed by atoms with Crippen LogP contribution in [0.4, 0.5) is 0 Å². The van der Waals surface area contributed by atoms with E-state index in [1.807, 2.05) is 19.1 Å². The Balaban J connectivity index is 2.36. The van der Waals surface area contributed by atoms with Gasteiger partial charge in [0.1, 0.15) is 0 Å². The van der Waals surface area contributed by atoms with Crippen LogP contribution in [-0.4, -0.2) is 16.1 Å². The number of carbonyl (C=O) groups is 1. The average molecular weight is 288 g/mol. The van der Waals surface area contributed by atoms with Crippen molar-refractivity contribution in [1.29, 1.82) is 0 Å². The number of carboxylic acid groups (broad SMARTS) is 1. The van der Waals surface area contributed by atoms with Gasteiger partial charge in [0, 0.05) is 22.2 Å². The molecule has 1 N–H and O–H groups in total. The summed E-state index contributed by atoms with van der Waals surface area (Å²) in [5.74, 6) is -0.944. The van der Waals surface area contributed by atoms with E-state index in [1.165, 1.54) is 6.08 Å². The Labute approximate surface area is 121 Å². The predicted octanol–water partition coefficient (Wildman–Crippen LogP) is 3.78. The number of hydrogen-bond donors (Lipinski definition) is 1. The summed E-state index contributed by atoms with van der Waals surface area (Å²) in [6, 6.07) is 3.76. The van der Waals surface area contributed by atoms with Crippen molar-refractivity contribution in [2.45, 2.75) is 26.2 Å². The molecule has 1 heterocycles. The van der Waals surface area contributed by atoms with Crippen molar-refractivity contribution in [1.82, 2.24) is 4.98 Å². The molecule has 0 amide bonds. The van der Waals surface area contributed by atoms with Gasteiger partial charge in [-0.1, -0.05) is 11.6 Å². The molecular formula is C16H14ClNO2. The molecule has 0 saturated heterocycles. The standard InChI is InChI=1S/C16H14ClNO2/c1-9-7-10(17)8-13-11(5-6-15(19)20)12-3-2-4-14(12)18-16(9)13/h5-8H,2-4H2,1H3,(H,19,20)/b6-5+. The van der Waals surface area contributed by atoms with Crippen LogP contribution in [-0.2, 0) is 17.6 Å². The molecule has 0 radical (unpaired) electrons. The smallest absolute Gasteiger partial charge is 0.328 e. The summed E-state index contributed by atoms with van der Waals surface area (Å²) < 4.78 is 0. The molecule has 0 saturated carbocycles. The molecule has 102 valence electrons. The van der Waals surface area contributed by atoms with E-state index in [9.17, 15) is 4.79 Å². The van der Waals surface area contributed by atoms with Gasteiger partial charge in [0.2, 0.25) is 0 Å². The summed E-state index contributed by atoms with van der Waals surface area (Å²) in [4.78, 5) is 15.6. The Bertz CT molecular complexity index is 750. The number of halogens is 1. The van der Waals surface area contributed by atoms with Crippen LogP contribution in [0.2, 0.25) is 5.02 Å². The maximum atomic E-state index is 10.8. The number of pyridine rings is 1. The molecular weight excluding hydrogens is 274 g/mol. The average Bonchev–Trinajstić information content (AvgIpc) is 2.83. The van der Waals surface area contributed by atoms with Crippen LogP contribution in [0.1, 0.15) is 28.8 Å². The predicted molar refractivity (Wildman–Crippen MR) is 80.2 cm³/mol. The van der Waals surface area contributed by atoms with Crippen molar-refractivity contribution in [2.24, 2.45) is 0 Å². The van der Waals surface area contributed by atoms with Gasteiger partial charge in [-0.25, -0.2) is 4.79 Å². The molecule has 0 aliphatic heterocycles. The molecule has 4 heteroatoms. The SMILES string of the molecule is Cc1cc(Cl)cc2c(/C=C/C(=O)O)c3c(nc12)CCC3. The molecule has 20 heavy (non-hydrogen) atoms. The molecule has 3 rings (SSSR count). The first kappa shape index (κ1) is 13.1. The molecule has 0 fully saturated rings. The van der Waals surface area contributed by atoms with Gasteiger partial charge in [0.25, 0.3) is 0 Å². The fourth-order valence-electron chi connectivity index (χ4n) is 2.87. The quantitative estimate of drug-likeness (QED) is 0.855. The van der Waals surface area contributed by atoms with Crippen LogP contribution in [0, 0.1) is 6.92 Å². The highest BCUT2D eigenvalue weighted by molar-refractivity contribution is 6.31. The summed E-state index contributed by atoms with van der Waals surface area (Å²) in [6.07, 6.45) is 5.83. The van der Waals surface area contributed by atoms with E-state index < -0.39 is 5.97 Å². The highest BCUT2D eigenvalue weighted by atomic mass is 35.5. The second kappa shape index (κ2) is 4.91. The molecule has 1 aliphatic rings. The second-order valence-electron chi connectivity index (χ2n) is 5.09. The maximum absolute atomic E-state index is 10.8. The van der Waals surface area contributed by atoms with Crippen LogP contribution in [0.15, 0.2) is 18.2 Å². The van der Waals surface area contributed by atoms with E-state index >= 15 is 0 Å². The van der Waals surface area contributed by atoms with Crippen LogP contribution in [0.25, 0.3) is 17.0 Å². The number of aromatic nitrogens is 1. The Morgan fingerprint density at radius 3 is 2.95 bits per heavy atom. The zero-order valence-electron chi connectivity index (χ0n) is 11.1. The molecule has 0 unspecified atom stereocenters. The Kier molecular flexibility index (Phi) is 3.22. The van der Waals surface area contributed by atoms with E-state index in [4.69, 9.17) is 21.7 Å². The van der Waals surface area contributed by atoms with Crippen molar-refractivity contribution in [3.05, 3.63) is 45.6 Å². The van der Waals surface area contributed by atoms with Crippen molar-refractivity contribution in [3.63, 3.8) is 0 Å². The fourth-order valence-corrected chi connectivity index (χ4v) is 3.15. The van der Waals surface area contributed by atoms with Crippen LogP contribution >= 0.6 is 11.6 Å². The lowest BCUT2D eigenvalue weighted by Gasteiger charge is -2.11. The minimum atomic E-state index is -0.944. The Morgan fingerprint density at radius 1 is 1.40 bits per heavy atom. The monoisotopic (exact) mass is 287 g/mol. The molecule has 0 spiro atoms. The number of aryl methyl sites for hydroxylation is 2. The summed E-state index contributed by atoms with van der Waals surface area (Å²) in [7, 11) is 0. The van der Waals surface area contributed by atoms with Gasteiger partial charge in [0.15, 0.2) is 0 Å². The molecule has 0 atom stereocenters. The first-order valence-corrected chi connectivity index (χ1v) is 6.96. The molecule has 1 aromatic heterocycles. The third kappa shape index (κ3) is 2.18. The maximum Gasteiger partial charge on any atom is 0.328 e. The third-order valence-corrected chi connectivity index (χ3v) is 3.93. The number of rotatable bonds is 2. The molecule has 3 nitrogen and oxygen atoms in total. The van der Waals surface area contributed by atoms with E-state index in [2.05, 4.69) is 0 Å². The molecule has 0 bridgehead atoms. The zero-order chi connectivity index (χ0) is 14.3. The summed E-state index contributed by atoms with van der Waals surface area (Å²) in [6.45, 7) is 1.98. The topological polar surface area (TPSA) is 50.2 Å². The van der Waals surface area contributed by atoms with E-state index in [0.717, 1.165) is 52.5 Å². The number of hydrogen-bond acceptors (Lipinski definition) is 2. The largest absolute Gasteiger partial charge is 0.478 e. The van der Waals surface area contributed by atoms with E-state index in [0.29, 0.717) is 5.02 Å². The van der Waals surface area contributed by atoms with Crippen molar-refractivity contribution in [2.75, 3.05) is 0 Å². The lowest BCUT2D eigenvalue weighted by Crippen LogP contribution is -1.97. The minimum Gasteiger partial charge on any atom is -0.478 e. The van der Waals surface area contributed by atoms with Gasteiger partial charge >= 0.3 is 5.97 Å². The van der Waals surface area contributed by atoms with Gasteiger partial charge in [-0.05, 0) is 61.1 Å². The summed E-state index contributed by atoms with van der Waals surface area (Å²) >= 11 is 6.14. The number of carboxylic acids is 1. The van der Waals surface area contributed by atoms with Crippen LogP contribution in [0.3, 0.4) is 0 Å². The van der Waals surface area contributed by atoms with Gasteiger partial charge in [-0.3, -0.25) is 4.98 Å². The third-order valence-electron chi connectivity index (χ3n) is 3.71. The summed E-state index contributed by atoms with van der Waals surface area (Å²) in [5, 5.41) is 10.5. The fraction of sp³-hybridized carbons (Fsp3) is 0.250. The van der Waals surface area contributed by atoms with Crippen molar-refractivity contribution >= 4 is 34.5 Å². The second-order valence-corrected chi connectivity index (χ2v) is 5.53. The number of benzene rings is 1. The minimum absolute atomic E-state index is 0.653.